The van der Waals surface area contributed by atoms with Crippen molar-refractivity contribution in [3.63, 3.8) is 0 Å². The second-order valence-corrected chi connectivity index (χ2v) is 6.55. The number of aliphatic imine (C=N–C) groups is 1. The molecule has 1 aliphatic rings. The first-order valence-electron chi connectivity index (χ1n) is 8.88. The summed E-state index contributed by atoms with van der Waals surface area (Å²) in [5.41, 5.74) is 1.40. The van der Waals surface area contributed by atoms with E-state index in [9.17, 15) is 13.2 Å². The summed E-state index contributed by atoms with van der Waals surface area (Å²) in [4.78, 5) is 6.68. The van der Waals surface area contributed by atoms with E-state index >= 15 is 0 Å². The van der Waals surface area contributed by atoms with Gasteiger partial charge in [-0.05, 0) is 31.4 Å². The smallest absolute Gasteiger partial charge is 0.496 e. The molecule has 27 heavy (non-hydrogen) atoms. The number of methoxy groups -OCH3 is 1. The minimum atomic E-state index is -4.77. The summed E-state index contributed by atoms with van der Waals surface area (Å²) in [6.07, 6.45) is -0.270. The lowest BCUT2D eigenvalue weighted by Gasteiger charge is -2.37. The van der Waals surface area contributed by atoms with Crippen LogP contribution in [0.2, 0.25) is 0 Å². The zero-order valence-electron chi connectivity index (χ0n) is 15.8. The highest BCUT2D eigenvalue weighted by atomic mass is 35.5. The van der Waals surface area contributed by atoms with Crippen LogP contribution in [0.15, 0.2) is 35.1 Å². The maximum Gasteiger partial charge on any atom is 0.573 e. The van der Waals surface area contributed by atoms with E-state index in [1.54, 1.807) is 0 Å². The molecule has 0 radical (unpaired) electrons. The Balaban J connectivity index is 2.45. The van der Waals surface area contributed by atoms with Gasteiger partial charge >= 0.3 is 6.36 Å². The number of hydrogen-bond acceptors (Lipinski definition) is 4. The highest BCUT2D eigenvalue weighted by Gasteiger charge is 2.33. The minimum absolute atomic E-state index is 0.225. The third kappa shape index (κ3) is 5.09. The van der Waals surface area contributed by atoms with Gasteiger partial charge in [-0.1, -0.05) is 32.4 Å². The van der Waals surface area contributed by atoms with E-state index in [0.29, 0.717) is 17.7 Å². The van der Waals surface area contributed by atoms with E-state index in [2.05, 4.69) is 28.5 Å². The lowest BCUT2D eigenvalue weighted by Crippen LogP contribution is -2.43. The molecule has 0 aromatic heterocycles. The van der Waals surface area contributed by atoms with Crippen molar-refractivity contribution in [2.45, 2.75) is 57.9 Å². The molecule has 1 heterocycles. The highest BCUT2D eigenvalue weighted by Crippen LogP contribution is 2.34. The predicted octanol–water partition coefficient (Wildman–Crippen LogP) is 5.70. The summed E-state index contributed by atoms with van der Waals surface area (Å²) in [6.45, 7) is 6.17. The standard InChI is InChI=1S/C19H24ClF3N2O2/c1-5-12-11-25(13(6-2)7-3)18(20)17(24-12)15-9-8-14(10-16(15)26-4)27-19(21,22)23/h8-11,13,18H,5-7H2,1-4H3. The molecule has 1 aliphatic heterocycles. The average Bonchev–Trinajstić information content (AvgIpc) is 2.62. The van der Waals surface area contributed by atoms with Gasteiger partial charge in [-0.3, -0.25) is 4.99 Å². The van der Waals surface area contributed by atoms with Gasteiger partial charge in [0.2, 0.25) is 0 Å². The van der Waals surface area contributed by atoms with Crippen LogP contribution < -0.4 is 9.47 Å². The molecule has 0 spiro atoms. The monoisotopic (exact) mass is 404 g/mol. The quantitative estimate of drug-likeness (QED) is 0.431. The first-order valence-corrected chi connectivity index (χ1v) is 9.32. The summed E-state index contributed by atoms with van der Waals surface area (Å²) in [7, 11) is 1.39. The second-order valence-electron chi connectivity index (χ2n) is 6.13. The van der Waals surface area contributed by atoms with Crippen LogP contribution in [0.4, 0.5) is 13.2 Å². The van der Waals surface area contributed by atoms with E-state index in [4.69, 9.17) is 16.3 Å². The van der Waals surface area contributed by atoms with Crippen molar-refractivity contribution in [1.82, 2.24) is 4.90 Å². The van der Waals surface area contributed by atoms with Crippen molar-refractivity contribution >= 4 is 17.3 Å². The molecule has 1 unspecified atom stereocenters. The SMILES string of the molecule is CCC1=CN(C(CC)CC)C(Cl)C(c2ccc(OC(F)(F)F)cc2OC)=N1. The Hall–Kier alpha value is -1.89. The predicted molar refractivity (Wildman–Crippen MR) is 100 cm³/mol. The van der Waals surface area contributed by atoms with Gasteiger partial charge in [0, 0.05) is 23.9 Å². The van der Waals surface area contributed by atoms with E-state index in [1.165, 1.54) is 25.3 Å². The first-order chi connectivity index (χ1) is 12.7. The van der Waals surface area contributed by atoms with E-state index < -0.39 is 11.9 Å². The third-order valence-corrected chi connectivity index (χ3v) is 4.89. The Morgan fingerprint density at radius 2 is 1.89 bits per heavy atom. The maximum absolute atomic E-state index is 12.5. The van der Waals surface area contributed by atoms with Crippen LogP contribution in [0.1, 0.15) is 45.6 Å². The Labute approximate surface area is 162 Å². The molecule has 2 rings (SSSR count). The van der Waals surface area contributed by atoms with Crippen molar-refractivity contribution in [2.24, 2.45) is 4.99 Å². The fourth-order valence-corrected chi connectivity index (χ4v) is 3.44. The molecule has 8 heteroatoms. The fraction of sp³-hybridized carbons (Fsp3) is 0.526. The molecule has 0 bridgehead atoms. The Morgan fingerprint density at radius 1 is 1.22 bits per heavy atom. The normalized spacial score (nSPS) is 17.7. The summed E-state index contributed by atoms with van der Waals surface area (Å²) < 4.78 is 46.7. The van der Waals surface area contributed by atoms with Crippen molar-refractivity contribution in [1.29, 1.82) is 0 Å². The number of rotatable bonds is 7. The number of nitrogens with zero attached hydrogens (tertiary/aromatic N) is 2. The fourth-order valence-electron chi connectivity index (χ4n) is 3.06. The van der Waals surface area contributed by atoms with Crippen LogP contribution in [0.5, 0.6) is 11.5 Å². The lowest BCUT2D eigenvalue weighted by atomic mass is 10.0. The summed E-state index contributed by atoms with van der Waals surface area (Å²) in [5, 5.41) is 0. The van der Waals surface area contributed by atoms with Gasteiger partial charge in [-0.2, -0.15) is 0 Å². The molecule has 0 fully saturated rings. The van der Waals surface area contributed by atoms with E-state index in [-0.39, 0.29) is 17.5 Å². The van der Waals surface area contributed by atoms with Crippen molar-refractivity contribution in [3.8, 4) is 11.5 Å². The molecule has 0 aliphatic carbocycles. The molecular formula is C19H24ClF3N2O2. The van der Waals surface area contributed by atoms with Crippen LogP contribution in [0.25, 0.3) is 0 Å². The van der Waals surface area contributed by atoms with Crippen LogP contribution in [-0.4, -0.2) is 35.6 Å². The first kappa shape index (κ1) is 21.4. The number of benzene rings is 1. The van der Waals surface area contributed by atoms with Gasteiger partial charge in [0.15, 0.2) is 0 Å². The molecule has 1 atom stereocenters. The molecule has 0 saturated heterocycles. The van der Waals surface area contributed by atoms with Gasteiger partial charge in [0.05, 0.1) is 18.5 Å². The van der Waals surface area contributed by atoms with Crippen molar-refractivity contribution in [2.75, 3.05) is 7.11 Å². The van der Waals surface area contributed by atoms with Crippen LogP contribution >= 0.6 is 11.6 Å². The summed E-state index contributed by atoms with van der Waals surface area (Å²) >= 11 is 6.72. The Kier molecular flexibility index (Phi) is 7.03. The molecule has 0 saturated carbocycles. The second kappa shape index (κ2) is 8.87. The van der Waals surface area contributed by atoms with Gasteiger partial charge in [0.1, 0.15) is 17.0 Å². The molecule has 150 valence electrons. The number of halogens is 4. The Morgan fingerprint density at radius 3 is 2.41 bits per heavy atom. The molecule has 1 aromatic carbocycles. The maximum atomic E-state index is 12.5. The molecule has 0 amide bonds. The van der Waals surface area contributed by atoms with E-state index in [1.807, 2.05) is 13.1 Å². The molecule has 1 aromatic rings. The number of ether oxygens (including phenoxy) is 2. The number of hydrogen-bond donors (Lipinski definition) is 0. The third-order valence-electron chi connectivity index (χ3n) is 4.46. The summed E-state index contributed by atoms with van der Waals surface area (Å²) in [6, 6.07) is 4.17. The van der Waals surface area contributed by atoms with Gasteiger partial charge in [-0.15, -0.1) is 13.2 Å². The molecular weight excluding hydrogens is 381 g/mol. The van der Waals surface area contributed by atoms with Crippen LogP contribution in [0.3, 0.4) is 0 Å². The van der Waals surface area contributed by atoms with Gasteiger partial charge in [0.25, 0.3) is 0 Å². The number of allylic oxidation sites excluding steroid dienone is 1. The van der Waals surface area contributed by atoms with Crippen LogP contribution in [0, 0.1) is 0 Å². The summed E-state index contributed by atoms with van der Waals surface area (Å²) in [5.74, 6) is -0.128. The minimum Gasteiger partial charge on any atom is -0.496 e. The lowest BCUT2D eigenvalue weighted by molar-refractivity contribution is -0.274. The number of alkyl halides is 4. The van der Waals surface area contributed by atoms with Gasteiger partial charge in [-0.25, -0.2) is 0 Å². The zero-order valence-corrected chi connectivity index (χ0v) is 16.6. The molecule has 4 nitrogen and oxygen atoms in total. The Bertz CT molecular complexity index is 715. The van der Waals surface area contributed by atoms with Gasteiger partial charge < -0.3 is 14.4 Å². The zero-order chi connectivity index (χ0) is 20.2. The van der Waals surface area contributed by atoms with E-state index in [0.717, 1.165) is 18.5 Å². The molecule has 0 N–H and O–H groups in total. The highest BCUT2D eigenvalue weighted by molar-refractivity contribution is 6.35. The van der Waals surface area contributed by atoms with Crippen molar-refractivity contribution < 1.29 is 22.6 Å². The topological polar surface area (TPSA) is 34.1 Å². The van der Waals surface area contributed by atoms with Crippen molar-refractivity contribution in [3.05, 3.63) is 35.7 Å². The largest absolute Gasteiger partial charge is 0.573 e. The average molecular weight is 405 g/mol. The van der Waals surface area contributed by atoms with Crippen LogP contribution in [-0.2, 0) is 0 Å².